The van der Waals surface area contributed by atoms with Gasteiger partial charge in [0.2, 0.25) is 10.1 Å². The number of anilines is 1. The van der Waals surface area contributed by atoms with Crippen molar-refractivity contribution >= 4 is 22.4 Å². The van der Waals surface area contributed by atoms with Crippen molar-refractivity contribution in [2.45, 2.75) is 32.2 Å². The Morgan fingerprint density at radius 2 is 1.95 bits per heavy atom. The van der Waals surface area contributed by atoms with Crippen molar-refractivity contribution in [2.75, 3.05) is 12.4 Å². The van der Waals surface area contributed by atoms with Crippen molar-refractivity contribution < 1.29 is 4.79 Å². The van der Waals surface area contributed by atoms with E-state index in [1.807, 2.05) is 32.0 Å². The quantitative estimate of drug-likeness (QED) is 0.861. The minimum atomic E-state index is -0.293. The van der Waals surface area contributed by atoms with E-state index in [1.165, 1.54) is 16.9 Å². The molecule has 112 valence electrons. The van der Waals surface area contributed by atoms with E-state index < -0.39 is 0 Å². The average molecular weight is 304 g/mol. The van der Waals surface area contributed by atoms with Gasteiger partial charge < -0.3 is 10.6 Å². The summed E-state index contributed by atoms with van der Waals surface area (Å²) < 4.78 is 0. The molecule has 0 radical (unpaired) electrons. The number of nitrogens with zero attached hydrogens (tertiary/aromatic N) is 2. The minimum Gasteiger partial charge on any atom is -0.363 e. The van der Waals surface area contributed by atoms with Crippen LogP contribution in [0.3, 0.4) is 0 Å². The van der Waals surface area contributed by atoms with Gasteiger partial charge in [-0.25, -0.2) is 0 Å². The Hall–Kier alpha value is -1.95. The highest BCUT2D eigenvalue weighted by Gasteiger charge is 2.23. The number of hydrogen-bond donors (Lipinski definition) is 2. The number of aromatic nitrogens is 2. The summed E-state index contributed by atoms with van der Waals surface area (Å²) in [7, 11) is 1.76. The van der Waals surface area contributed by atoms with Gasteiger partial charge in [0.1, 0.15) is 0 Å². The fourth-order valence-corrected chi connectivity index (χ4v) is 2.53. The predicted molar refractivity (Wildman–Crippen MR) is 85.8 cm³/mol. The van der Waals surface area contributed by atoms with Gasteiger partial charge in [-0.1, -0.05) is 41.7 Å². The van der Waals surface area contributed by atoms with E-state index in [1.54, 1.807) is 7.05 Å². The fraction of sp³-hybridized carbons (Fsp3) is 0.400. The Morgan fingerprint density at radius 3 is 2.57 bits per heavy atom. The maximum absolute atomic E-state index is 12.2. The normalized spacial score (nSPS) is 11.2. The molecule has 1 aromatic heterocycles. The van der Waals surface area contributed by atoms with E-state index in [-0.39, 0.29) is 11.4 Å². The van der Waals surface area contributed by atoms with Gasteiger partial charge in [-0.05, 0) is 32.3 Å². The maximum Gasteiger partial charge on any atom is 0.282 e. The van der Waals surface area contributed by atoms with E-state index in [2.05, 4.69) is 33.0 Å². The van der Waals surface area contributed by atoms with Crippen LogP contribution in [-0.4, -0.2) is 28.7 Å². The lowest BCUT2D eigenvalue weighted by Gasteiger charge is -2.25. The first-order chi connectivity index (χ1) is 10.00. The summed E-state index contributed by atoms with van der Waals surface area (Å²) in [5.41, 5.74) is 0.978. The Balaban J connectivity index is 1.92. The standard InChI is InChI=1S/C15H20N4OS/c1-15(2,10-9-11-7-5-4-6-8-11)17-12(20)13-18-19-14(16-3)21-13/h4-8H,9-10H2,1-3H3,(H,16,19)(H,17,20). The lowest BCUT2D eigenvalue weighted by atomic mass is 9.95. The molecule has 0 atom stereocenters. The van der Waals surface area contributed by atoms with Gasteiger partial charge in [0.15, 0.2) is 0 Å². The molecular weight excluding hydrogens is 284 g/mol. The summed E-state index contributed by atoms with van der Waals surface area (Å²) >= 11 is 1.25. The first-order valence-electron chi connectivity index (χ1n) is 6.88. The van der Waals surface area contributed by atoms with Gasteiger partial charge >= 0.3 is 0 Å². The van der Waals surface area contributed by atoms with Crippen molar-refractivity contribution in [3.8, 4) is 0 Å². The number of nitrogens with one attached hydrogen (secondary N) is 2. The van der Waals surface area contributed by atoms with Crippen molar-refractivity contribution in [1.82, 2.24) is 15.5 Å². The first kappa shape index (κ1) is 15.4. The molecule has 2 aromatic rings. The van der Waals surface area contributed by atoms with Gasteiger partial charge in [0, 0.05) is 12.6 Å². The SMILES string of the molecule is CNc1nnc(C(=O)NC(C)(C)CCc2ccccc2)s1. The van der Waals surface area contributed by atoms with Crippen molar-refractivity contribution in [2.24, 2.45) is 0 Å². The van der Waals surface area contributed by atoms with Gasteiger partial charge in [-0.2, -0.15) is 0 Å². The van der Waals surface area contributed by atoms with Crippen LogP contribution in [0.2, 0.25) is 0 Å². The number of carbonyl (C=O) groups is 1. The van der Waals surface area contributed by atoms with Gasteiger partial charge in [-0.15, -0.1) is 10.2 Å². The molecule has 0 fully saturated rings. The van der Waals surface area contributed by atoms with Gasteiger partial charge in [0.05, 0.1) is 0 Å². The Kier molecular flexibility index (Phi) is 4.90. The molecule has 0 unspecified atom stereocenters. The Bertz CT molecular complexity index is 595. The molecule has 0 saturated heterocycles. The number of benzene rings is 1. The van der Waals surface area contributed by atoms with Gasteiger partial charge in [-0.3, -0.25) is 4.79 Å². The molecule has 1 aromatic carbocycles. The van der Waals surface area contributed by atoms with Crippen LogP contribution >= 0.6 is 11.3 Å². The fourth-order valence-electron chi connectivity index (χ4n) is 1.94. The monoisotopic (exact) mass is 304 g/mol. The summed E-state index contributed by atoms with van der Waals surface area (Å²) in [5.74, 6) is -0.174. The zero-order valence-electron chi connectivity index (χ0n) is 12.5. The van der Waals surface area contributed by atoms with E-state index in [0.29, 0.717) is 10.1 Å². The molecule has 0 aliphatic carbocycles. The molecule has 0 saturated carbocycles. The van der Waals surface area contributed by atoms with Crippen LogP contribution < -0.4 is 10.6 Å². The second kappa shape index (κ2) is 6.67. The van der Waals surface area contributed by atoms with E-state index >= 15 is 0 Å². The van der Waals surface area contributed by atoms with Crippen LogP contribution in [0.1, 0.15) is 35.6 Å². The molecule has 6 heteroatoms. The predicted octanol–water partition coefficient (Wildman–Crippen LogP) is 2.72. The third-order valence-corrected chi connectivity index (χ3v) is 4.11. The second-order valence-electron chi connectivity index (χ2n) is 5.49. The summed E-state index contributed by atoms with van der Waals surface area (Å²) in [5, 5.41) is 14.7. The lowest BCUT2D eigenvalue weighted by Crippen LogP contribution is -2.43. The van der Waals surface area contributed by atoms with E-state index in [9.17, 15) is 4.79 Å². The first-order valence-corrected chi connectivity index (χ1v) is 7.69. The highest BCUT2D eigenvalue weighted by atomic mass is 32.1. The summed E-state index contributed by atoms with van der Waals surface area (Å²) in [4.78, 5) is 12.2. The van der Waals surface area contributed by atoms with Crippen molar-refractivity contribution in [1.29, 1.82) is 0 Å². The molecule has 1 amide bonds. The van der Waals surface area contributed by atoms with Gasteiger partial charge in [0.25, 0.3) is 5.91 Å². The lowest BCUT2D eigenvalue weighted by molar-refractivity contribution is 0.0908. The smallest absolute Gasteiger partial charge is 0.282 e. The summed E-state index contributed by atoms with van der Waals surface area (Å²) in [6.45, 7) is 4.04. The Morgan fingerprint density at radius 1 is 1.24 bits per heavy atom. The molecule has 0 bridgehead atoms. The zero-order valence-corrected chi connectivity index (χ0v) is 13.3. The number of rotatable bonds is 6. The van der Waals surface area contributed by atoms with Crippen LogP contribution in [0.25, 0.3) is 0 Å². The third-order valence-electron chi connectivity index (χ3n) is 3.17. The topological polar surface area (TPSA) is 66.9 Å². The van der Waals surface area contributed by atoms with Crippen LogP contribution in [0.4, 0.5) is 5.13 Å². The highest BCUT2D eigenvalue weighted by Crippen LogP contribution is 2.17. The van der Waals surface area contributed by atoms with Crippen molar-refractivity contribution in [3.05, 3.63) is 40.9 Å². The molecule has 21 heavy (non-hydrogen) atoms. The molecule has 2 rings (SSSR count). The largest absolute Gasteiger partial charge is 0.363 e. The number of aryl methyl sites for hydroxylation is 1. The highest BCUT2D eigenvalue weighted by molar-refractivity contribution is 7.17. The minimum absolute atomic E-state index is 0.174. The van der Waals surface area contributed by atoms with Crippen LogP contribution in [0.5, 0.6) is 0 Å². The number of hydrogen-bond acceptors (Lipinski definition) is 5. The van der Waals surface area contributed by atoms with E-state index in [0.717, 1.165) is 12.8 Å². The molecule has 0 spiro atoms. The number of carbonyl (C=O) groups excluding carboxylic acids is 1. The van der Waals surface area contributed by atoms with Crippen LogP contribution in [-0.2, 0) is 6.42 Å². The molecule has 5 nitrogen and oxygen atoms in total. The van der Waals surface area contributed by atoms with Crippen LogP contribution in [0, 0.1) is 0 Å². The number of amides is 1. The van der Waals surface area contributed by atoms with E-state index in [4.69, 9.17) is 0 Å². The molecule has 0 aliphatic heterocycles. The molecule has 0 aliphatic rings. The summed E-state index contributed by atoms with van der Waals surface area (Å²) in [6.07, 6.45) is 1.78. The molecule has 1 heterocycles. The Labute approximate surface area is 128 Å². The zero-order chi connectivity index (χ0) is 15.3. The molecule has 2 N–H and O–H groups in total. The second-order valence-corrected chi connectivity index (χ2v) is 6.46. The summed E-state index contributed by atoms with van der Waals surface area (Å²) in [6, 6.07) is 10.3. The third kappa shape index (κ3) is 4.53. The van der Waals surface area contributed by atoms with Crippen molar-refractivity contribution in [3.63, 3.8) is 0 Å². The van der Waals surface area contributed by atoms with Crippen LogP contribution in [0.15, 0.2) is 30.3 Å². The maximum atomic E-state index is 12.2. The average Bonchev–Trinajstić information content (AvgIpc) is 2.95. The molecular formula is C15H20N4OS.